The minimum Gasteiger partial charge on any atom is -0.479 e. The van der Waals surface area contributed by atoms with Gasteiger partial charge in [0.05, 0.1) is 45.6 Å². The molecule has 106 heavy (non-hydrogen) atoms. The minimum atomic E-state index is -3.77. The highest BCUT2D eigenvalue weighted by atomic mass is 31.2. The lowest BCUT2D eigenvalue weighted by atomic mass is 9.94. The molecule has 0 spiro atoms. The van der Waals surface area contributed by atoms with Crippen molar-refractivity contribution >= 4 is 76.5 Å². The molecule has 9 atom stereocenters. The number of carboxylic acids is 4. The molecule has 0 radical (unpaired) electrons. The van der Waals surface area contributed by atoms with Crippen LogP contribution in [0.1, 0.15) is 249 Å². The highest BCUT2D eigenvalue weighted by molar-refractivity contribution is 7.55. The van der Waals surface area contributed by atoms with Crippen molar-refractivity contribution in [1.82, 2.24) is 15.2 Å². The van der Waals surface area contributed by atoms with Gasteiger partial charge in [-0.05, 0) is 189 Å². The molecule has 0 heterocycles. The second kappa shape index (κ2) is 46.3. The fourth-order valence-corrected chi connectivity index (χ4v) is 16.2. The van der Waals surface area contributed by atoms with Gasteiger partial charge in [0.25, 0.3) is 0 Å². The minimum absolute atomic E-state index is 0.141. The van der Waals surface area contributed by atoms with Crippen LogP contribution in [0.3, 0.4) is 0 Å². The SMILES string of the molecule is CC(C)C(=O)OC(C)C(=O)OC(C)C(=O)O.CC(O)C(=O)OC(C)C(=O)O.CCOP(=O)(OCC)C(N(O)C(C)(C)C)C(C)(C)C.CCOP(=O)(OCC)C(N(OC(C)(C)C(=O)O)C(C)(C)C)C(C)(C)C.CCOP(=O)(OCC)C(N(OC(C)(C)C(=O)OC(C)C(=O)OC(C)C(=O)O)C(C)(C)C)C(C)(C)C. The Morgan fingerprint density at radius 2 is 0.575 bits per heavy atom. The Bertz CT molecular complexity index is 2850. The molecule has 0 bridgehead atoms. The highest BCUT2D eigenvalue weighted by Gasteiger charge is 2.56. The van der Waals surface area contributed by atoms with E-state index in [-0.39, 0.29) is 45.6 Å². The Balaban J connectivity index is -0.000000422. The first-order valence-electron chi connectivity index (χ1n) is 35.0. The number of carbonyl (C=O) groups excluding carboxylic acids is 5. The van der Waals surface area contributed by atoms with Crippen molar-refractivity contribution in [3.63, 3.8) is 0 Å². The number of hydrogen-bond acceptors (Lipinski definition) is 30. The fraction of sp³-hybridized carbons (Fsp3) is 0.870. The van der Waals surface area contributed by atoms with Crippen molar-refractivity contribution in [3.05, 3.63) is 0 Å². The molecule has 0 aromatic carbocycles. The molecule has 628 valence electrons. The number of rotatable bonds is 36. The molecule has 9 unspecified atom stereocenters. The first-order valence-corrected chi connectivity index (χ1v) is 39.8. The van der Waals surface area contributed by atoms with E-state index in [2.05, 4.69) is 9.47 Å². The summed E-state index contributed by atoms with van der Waals surface area (Å²) in [5.41, 5.74) is -6.83. The van der Waals surface area contributed by atoms with Gasteiger partial charge >= 0.3 is 76.5 Å². The van der Waals surface area contributed by atoms with Crippen molar-refractivity contribution in [3.8, 4) is 0 Å². The maximum absolute atomic E-state index is 13.9. The predicted octanol–water partition coefficient (Wildman–Crippen LogP) is 13.0. The number of aliphatic hydroxyl groups is 1. The Hall–Kier alpha value is -4.60. The Labute approximate surface area is 630 Å². The Kier molecular flexibility index (Phi) is 48.0. The molecular weight excluding hydrogens is 1460 g/mol. The van der Waals surface area contributed by atoms with Gasteiger partial charge < -0.3 is 81.6 Å². The van der Waals surface area contributed by atoms with Crippen molar-refractivity contribution in [2.45, 2.75) is 331 Å². The van der Waals surface area contributed by atoms with E-state index >= 15 is 0 Å². The molecule has 0 aliphatic heterocycles. The largest absolute Gasteiger partial charge is 0.479 e. The van der Waals surface area contributed by atoms with Crippen LogP contribution in [-0.4, -0.2) is 221 Å². The number of carbonyl (C=O) groups is 9. The summed E-state index contributed by atoms with van der Waals surface area (Å²) in [4.78, 5) is 113. The molecule has 37 heteroatoms. The average Bonchev–Trinajstić information content (AvgIpc) is 0.772. The van der Waals surface area contributed by atoms with Crippen LogP contribution in [-0.2, 0) is 117 Å². The third-order valence-corrected chi connectivity index (χ3v) is 21.9. The molecule has 0 saturated carbocycles. The normalized spacial score (nSPS) is 15.5. The fourth-order valence-electron chi connectivity index (χ4n) is 8.21. The predicted molar refractivity (Wildman–Crippen MR) is 394 cm³/mol. The summed E-state index contributed by atoms with van der Waals surface area (Å²) in [7, 11) is -10.8. The molecule has 0 aromatic heterocycles. The molecule has 0 aromatic rings. The maximum Gasteiger partial charge on any atom is 0.350 e. The van der Waals surface area contributed by atoms with E-state index in [1.165, 1.54) is 79.4 Å². The zero-order valence-electron chi connectivity index (χ0n) is 70.1. The number of nitrogens with zero attached hydrogens (tertiary/aromatic N) is 3. The number of ether oxygens (including phenoxy) is 5. The molecule has 0 fully saturated rings. The summed E-state index contributed by atoms with van der Waals surface area (Å²) >= 11 is 0. The zero-order chi connectivity index (χ0) is 85.6. The first kappa shape index (κ1) is 110. The Morgan fingerprint density at radius 1 is 0.340 bits per heavy atom. The number of carboxylic acid groups (broad SMARTS) is 4. The lowest BCUT2D eigenvalue weighted by molar-refractivity contribution is -0.293. The lowest BCUT2D eigenvalue weighted by Gasteiger charge is -2.49. The summed E-state index contributed by atoms with van der Waals surface area (Å²) < 4.78 is 97.4. The van der Waals surface area contributed by atoms with Crippen LogP contribution in [0.4, 0.5) is 0 Å². The number of esters is 5. The average molecular weight is 1600 g/mol. The van der Waals surface area contributed by atoms with Crippen molar-refractivity contribution in [2.24, 2.45) is 22.2 Å². The molecule has 0 rings (SSSR count). The van der Waals surface area contributed by atoms with Gasteiger partial charge in [0, 0.05) is 16.6 Å². The van der Waals surface area contributed by atoms with Gasteiger partial charge in [0.2, 0.25) is 0 Å². The second-order valence-electron chi connectivity index (χ2n) is 31.6. The van der Waals surface area contributed by atoms with Crippen molar-refractivity contribution in [2.75, 3.05) is 39.6 Å². The van der Waals surface area contributed by atoms with E-state index < -0.39 is 175 Å². The van der Waals surface area contributed by atoms with Crippen LogP contribution in [0.5, 0.6) is 0 Å². The van der Waals surface area contributed by atoms with Gasteiger partial charge in [-0.1, -0.05) is 76.2 Å². The summed E-state index contributed by atoms with van der Waals surface area (Å²) in [6, 6.07) is 0. The zero-order valence-corrected chi connectivity index (χ0v) is 72.8. The molecule has 0 aliphatic rings. The van der Waals surface area contributed by atoms with Gasteiger partial charge in [-0.2, -0.15) is 15.2 Å². The molecule has 0 saturated heterocycles. The molecule has 0 aliphatic carbocycles. The molecule has 34 nitrogen and oxygen atoms in total. The van der Waals surface area contributed by atoms with E-state index in [4.69, 9.17) is 71.5 Å². The summed E-state index contributed by atoms with van der Waals surface area (Å²) in [6.07, 6.45) is -7.63. The number of hydrogen-bond donors (Lipinski definition) is 6. The third kappa shape index (κ3) is 39.9. The van der Waals surface area contributed by atoms with Crippen LogP contribution in [0, 0.1) is 22.2 Å². The van der Waals surface area contributed by atoms with Crippen LogP contribution < -0.4 is 0 Å². The van der Waals surface area contributed by atoms with Crippen LogP contribution >= 0.6 is 22.8 Å². The van der Waals surface area contributed by atoms with Gasteiger partial charge in [0.1, 0.15) is 23.5 Å². The van der Waals surface area contributed by atoms with Crippen LogP contribution in [0.15, 0.2) is 0 Å². The third-order valence-electron chi connectivity index (χ3n) is 13.4. The summed E-state index contributed by atoms with van der Waals surface area (Å²) in [5, 5.41) is 58.2. The van der Waals surface area contributed by atoms with Crippen molar-refractivity contribution in [1.29, 1.82) is 0 Å². The summed E-state index contributed by atoms with van der Waals surface area (Å²) in [6.45, 7) is 61.8. The lowest BCUT2D eigenvalue weighted by Crippen LogP contribution is -2.58. The Morgan fingerprint density at radius 3 is 0.783 bits per heavy atom. The smallest absolute Gasteiger partial charge is 0.350 e. The number of hydroxylamine groups is 6. The van der Waals surface area contributed by atoms with E-state index in [0.29, 0.717) is 0 Å². The van der Waals surface area contributed by atoms with E-state index in [1.54, 1.807) is 55.4 Å². The van der Waals surface area contributed by atoms with Gasteiger partial charge in [-0.25, -0.2) is 38.4 Å². The highest BCUT2D eigenvalue weighted by Crippen LogP contribution is 2.63. The van der Waals surface area contributed by atoms with Gasteiger partial charge in [0.15, 0.2) is 41.7 Å². The van der Waals surface area contributed by atoms with Crippen LogP contribution in [0.25, 0.3) is 0 Å². The second-order valence-corrected chi connectivity index (χ2v) is 37.8. The molecular formula is C69H136N3O31P3. The number of aliphatic carboxylic acids is 4. The first-order chi connectivity index (χ1) is 47.3. The van der Waals surface area contributed by atoms with E-state index in [1.807, 2.05) is 125 Å². The summed E-state index contributed by atoms with van der Waals surface area (Å²) in [5.74, 6) is -12.0. The van der Waals surface area contributed by atoms with Gasteiger partial charge in [-0.3, -0.25) is 28.2 Å². The topological polar surface area (TPSA) is 456 Å². The standard InChI is InChI=1S/C23H44NO10P.C17H36NO6P.C13H30NO4P.C10H16O6.C6H10O5/c1-13-30-35(29,31-14-2)19(21(5,6)7)24(22(8,9)10)34-23(11,12)20(28)33-16(4)18(27)32-15(3)17(25)26;1-11-22-25(21,23-12-2)13(15(3,4)5)18(16(6,7)8)24-17(9,10)14(19)20;1-9-17-19(16,18-10-2)11(12(3,4)5)14(15)13(6,7)8;1-5(2)9(13)16-7(4)10(14)15-6(3)8(11)12;1-3(7)6(10)11-4(2)5(8)9/h15-16,19H,13-14H2,1-12H3,(H,25,26);13H,11-12H2,1-10H3,(H,19,20);11,15H,9-10H2,1-8H3;5-7H,1-4H3,(H,11,12);3-4,7H,1-2H3,(H,8,9). The van der Waals surface area contributed by atoms with Gasteiger partial charge in [-0.15, -0.1) is 0 Å². The number of aliphatic hydroxyl groups excluding tert-OH is 1. The molecule has 6 N–H and O–H groups in total. The maximum atomic E-state index is 13.9. The monoisotopic (exact) mass is 1600 g/mol. The molecule has 0 amide bonds. The van der Waals surface area contributed by atoms with E-state index in [9.17, 15) is 67.2 Å². The quantitative estimate of drug-likeness (QED) is 0.0147. The van der Waals surface area contributed by atoms with E-state index in [0.717, 1.165) is 5.06 Å². The van der Waals surface area contributed by atoms with Crippen molar-refractivity contribution < 1.29 is 148 Å². The van der Waals surface area contributed by atoms with Crippen LogP contribution in [0.2, 0.25) is 0 Å².